The van der Waals surface area contributed by atoms with Crippen molar-refractivity contribution in [1.29, 1.82) is 0 Å². The van der Waals surface area contributed by atoms with Gasteiger partial charge in [-0.3, -0.25) is 9.35 Å². The Labute approximate surface area is 132 Å². The molecular weight excluding hydrogens is 306 g/mol. The highest BCUT2D eigenvalue weighted by atomic mass is 32.2. The maximum atomic E-state index is 10.9. The molecule has 22 heavy (non-hydrogen) atoms. The maximum absolute atomic E-state index is 10.9. The fraction of sp³-hybridized carbons (Fsp3) is 0.533. The zero-order valence-electron chi connectivity index (χ0n) is 13.3. The number of nitrogens with two attached hydrogens (primary N) is 1. The van der Waals surface area contributed by atoms with E-state index in [1.165, 1.54) is 12.1 Å². The van der Waals surface area contributed by atoms with Gasteiger partial charge in [-0.25, -0.2) is 0 Å². The van der Waals surface area contributed by atoms with Crippen LogP contribution in [0.2, 0.25) is 0 Å². The van der Waals surface area contributed by atoms with Gasteiger partial charge in [0.1, 0.15) is 6.04 Å². The molecule has 0 radical (unpaired) electrons. The lowest BCUT2D eigenvalue weighted by Crippen LogP contribution is -2.31. The van der Waals surface area contributed by atoms with Crippen LogP contribution in [0.5, 0.6) is 0 Å². The molecule has 0 saturated heterocycles. The van der Waals surface area contributed by atoms with Gasteiger partial charge in [0, 0.05) is 0 Å². The topological polar surface area (TPSA) is 107 Å². The van der Waals surface area contributed by atoms with Gasteiger partial charge in [-0.2, -0.15) is 8.42 Å². The number of hydrogen-bond donors (Lipinski definition) is 2. The third kappa shape index (κ3) is 8.76. The Bertz CT molecular complexity index is 540. The van der Waals surface area contributed by atoms with Crippen molar-refractivity contribution in [2.45, 2.75) is 51.0 Å². The Balaban J connectivity index is 0.000000401. The molecule has 0 amide bonds. The van der Waals surface area contributed by atoms with Crippen molar-refractivity contribution >= 4 is 16.1 Å². The second-order valence-corrected chi connectivity index (χ2v) is 6.25. The minimum atomic E-state index is -4.02. The highest BCUT2D eigenvalue weighted by molar-refractivity contribution is 7.85. The number of esters is 1. The fourth-order valence-electron chi connectivity index (χ4n) is 1.30. The summed E-state index contributed by atoms with van der Waals surface area (Å²) in [5.41, 5.74) is 6.38. The van der Waals surface area contributed by atoms with E-state index in [1.54, 1.807) is 12.1 Å². The number of aryl methyl sites for hydroxylation is 1. The molecule has 0 spiro atoms. The van der Waals surface area contributed by atoms with Gasteiger partial charge in [-0.1, -0.05) is 38.0 Å². The van der Waals surface area contributed by atoms with E-state index in [4.69, 9.17) is 15.0 Å². The van der Waals surface area contributed by atoms with Crippen LogP contribution in [0, 0.1) is 6.92 Å². The molecule has 0 aliphatic heterocycles. The van der Waals surface area contributed by atoms with E-state index in [0.717, 1.165) is 18.4 Å². The zero-order chi connectivity index (χ0) is 17.2. The van der Waals surface area contributed by atoms with Crippen molar-refractivity contribution in [3.63, 3.8) is 0 Å². The summed E-state index contributed by atoms with van der Waals surface area (Å²) in [4.78, 5) is 10.8. The smallest absolute Gasteiger partial charge is 0.322 e. The third-order valence-electron chi connectivity index (χ3n) is 2.80. The van der Waals surface area contributed by atoms with E-state index in [2.05, 4.69) is 0 Å². The lowest BCUT2D eigenvalue weighted by Gasteiger charge is -2.07. The summed E-state index contributed by atoms with van der Waals surface area (Å²) in [6.07, 6.45) is 2.60. The molecule has 0 aliphatic rings. The van der Waals surface area contributed by atoms with Crippen LogP contribution in [0.25, 0.3) is 0 Å². The molecule has 0 saturated carbocycles. The number of rotatable bonds is 6. The standard InChI is InChI=1S/C8H17NO2.C7H8O3S/c1-3-5-6-11-8(10)7(9)4-2;1-6-2-4-7(5-3-6)11(8,9)10/h7H,3-6,9H2,1-2H3;2-5H,1H3,(H,8,9,10). The first-order chi connectivity index (χ1) is 10.2. The monoisotopic (exact) mass is 331 g/mol. The van der Waals surface area contributed by atoms with Crippen molar-refractivity contribution in [3.05, 3.63) is 29.8 Å². The first-order valence-electron chi connectivity index (χ1n) is 7.18. The predicted molar refractivity (Wildman–Crippen MR) is 85.1 cm³/mol. The minimum absolute atomic E-state index is 0.0666. The van der Waals surface area contributed by atoms with Crippen LogP contribution in [0.15, 0.2) is 29.2 Å². The molecule has 0 heterocycles. The Kier molecular flexibility index (Phi) is 9.64. The molecule has 1 unspecified atom stereocenters. The molecule has 0 bridgehead atoms. The summed E-state index contributed by atoms with van der Waals surface area (Å²) < 4.78 is 34.4. The van der Waals surface area contributed by atoms with Gasteiger partial charge in [0.25, 0.3) is 10.1 Å². The molecule has 1 aromatic rings. The Morgan fingerprint density at radius 2 is 1.82 bits per heavy atom. The summed E-state index contributed by atoms with van der Waals surface area (Å²) in [7, 11) is -4.02. The zero-order valence-corrected chi connectivity index (χ0v) is 14.1. The molecule has 6 nitrogen and oxygen atoms in total. The van der Waals surface area contributed by atoms with Crippen LogP contribution in [0.3, 0.4) is 0 Å². The molecule has 1 atom stereocenters. The highest BCUT2D eigenvalue weighted by Gasteiger charge is 2.11. The van der Waals surface area contributed by atoms with E-state index in [0.29, 0.717) is 13.0 Å². The highest BCUT2D eigenvalue weighted by Crippen LogP contribution is 2.08. The number of carbonyl (C=O) groups is 1. The van der Waals surface area contributed by atoms with Gasteiger partial charge in [-0.05, 0) is 31.9 Å². The van der Waals surface area contributed by atoms with Crippen LogP contribution in [0.1, 0.15) is 38.7 Å². The van der Waals surface area contributed by atoms with Gasteiger partial charge >= 0.3 is 5.97 Å². The second kappa shape index (κ2) is 10.3. The first kappa shape index (κ1) is 20.6. The van der Waals surface area contributed by atoms with Crippen LogP contribution < -0.4 is 5.73 Å². The molecular formula is C15H25NO5S. The molecule has 1 rings (SSSR count). The minimum Gasteiger partial charge on any atom is -0.465 e. The van der Waals surface area contributed by atoms with Crippen LogP contribution >= 0.6 is 0 Å². The number of carbonyl (C=O) groups excluding carboxylic acids is 1. The molecule has 1 aromatic carbocycles. The average Bonchev–Trinajstić information content (AvgIpc) is 2.46. The molecule has 0 aliphatic carbocycles. The van der Waals surface area contributed by atoms with Crippen LogP contribution in [-0.2, 0) is 19.6 Å². The largest absolute Gasteiger partial charge is 0.465 e. The summed E-state index contributed by atoms with van der Waals surface area (Å²) in [6.45, 7) is 6.26. The van der Waals surface area contributed by atoms with Gasteiger partial charge in [0.2, 0.25) is 0 Å². The van der Waals surface area contributed by atoms with Crippen molar-refractivity contribution in [3.8, 4) is 0 Å². The van der Waals surface area contributed by atoms with E-state index < -0.39 is 16.2 Å². The fourth-order valence-corrected chi connectivity index (χ4v) is 1.78. The van der Waals surface area contributed by atoms with Gasteiger partial charge in [0.15, 0.2) is 0 Å². The lowest BCUT2D eigenvalue weighted by molar-refractivity contribution is -0.145. The van der Waals surface area contributed by atoms with Gasteiger partial charge < -0.3 is 10.5 Å². The number of ether oxygens (including phenoxy) is 1. The second-order valence-electron chi connectivity index (χ2n) is 4.82. The summed E-state index contributed by atoms with van der Waals surface area (Å²) in [6, 6.07) is 5.55. The Morgan fingerprint density at radius 3 is 2.23 bits per heavy atom. The van der Waals surface area contributed by atoms with Crippen LogP contribution in [-0.4, -0.2) is 31.6 Å². The Morgan fingerprint density at radius 1 is 1.27 bits per heavy atom. The molecule has 126 valence electrons. The lowest BCUT2D eigenvalue weighted by atomic mass is 10.2. The SMILES string of the molecule is CCCCOC(=O)C(N)CC.Cc1ccc(S(=O)(=O)O)cc1. The average molecular weight is 331 g/mol. The van der Waals surface area contributed by atoms with Gasteiger partial charge in [0.05, 0.1) is 11.5 Å². The third-order valence-corrected chi connectivity index (χ3v) is 3.67. The van der Waals surface area contributed by atoms with E-state index in [1.807, 2.05) is 20.8 Å². The first-order valence-corrected chi connectivity index (χ1v) is 8.62. The number of hydrogen-bond acceptors (Lipinski definition) is 5. The van der Waals surface area contributed by atoms with Gasteiger partial charge in [-0.15, -0.1) is 0 Å². The number of benzene rings is 1. The maximum Gasteiger partial charge on any atom is 0.322 e. The van der Waals surface area contributed by atoms with Crippen LogP contribution in [0.4, 0.5) is 0 Å². The number of unbranched alkanes of at least 4 members (excludes halogenated alkanes) is 1. The van der Waals surface area contributed by atoms with Crippen molar-refractivity contribution in [2.75, 3.05) is 6.61 Å². The predicted octanol–water partition coefficient (Wildman–Crippen LogP) is 2.31. The molecule has 3 N–H and O–H groups in total. The molecule has 0 aromatic heterocycles. The summed E-state index contributed by atoms with van der Waals surface area (Å²) >= 11 is 0. The normalized spacial score (nSPS) is 12.0. The molecule has 7 heteroatoms. The quantitative estimate of drug-likeness (QED) is 0.470. The Hall–Kier alpha value is -1.44. The van der Waals surface area contributed by atoms with E-state index in [9.17, 15) is 13.2 Å². The van der Waals surface area contributed by atoms with Crippen molar-refractivity contribution in [1.82, 2.24) is 0 Å². The van der Waals surface area contributed by atoms with E-state index >= 15 is 0 Å². The van der Waals surface area contributed by atoms with Crippen molar-refractivity contribution in [2.24, 2.45) is 5.73 Å². The summed E-state index contributed by atoms with van der Waals surface area (Å²) in [5.74, 6) is -0.277. The van der Waals surface area contributed by atoms with Crippen molar-refractivity contribution < 1.29 is 22.5 Å². The van der Waals surface area contributed by atoms with E-state index in [-0.39, 0.29) is 10.9 Å². The summed E-state index contributed by atoms with van der Waals surface area (Å²) in [5, 5.41) is 0. The molecule has 0 fully saturated rings.